The van der Waals surface area contributed by atoms with E-state index in [1.165, 1.54) is 4.31 Å². The predicted octanol–water partition coefficient (Wildman–Crippen LogP) is 2.38. The highest BCUT2D eigenvalue weighted by atomic mass is 35.5. The minimum absolute atomic E-state index is 0.125. The number of hydrogen-bond acceptors (Lipinski definition) is 3. The van der Waals surface area contributed by atoms with Crippen LogP contribution < -0.4 is 4.31 Å². The van der Waals surface area contributed by atoms with Crippen LogP contribution in [0.2, 0.25) is 0 Å². The van der Waals surface area contributed by atoms with E-state index in [4.69, 9.17) is 11.6 Å². The highest BCUT2D eigenvalue weighted by Gasteiger charge is 2.31. The molecule has 98 valence electrons. The Labute approximate surface area is 112 Å². The number of rotatable bonds is 6. The average molecular weight is 287 g/mol. The Balaban J connectivity index is 2.27. The van der Waals surface area contributed by atoms with Crippen LogP contribution in [0.15, 0.2) is 36.1 Å². The molecule has 0 aromatic carbocycles. The number of halogens is 1. The maximum Gasteiger partial charge on any atom is 0.240 e. The van der Waals surface area contributed by atoms with Crippen molar-refractivity contribution < 1.29 is 8.42 Å². The standard InChI is InChI=1S/C12H15ClN2O2S/c1-10(13)9-18(16,17)15(8-11-4-5-11)12-3-2-6-14-7-12/h2-3,6-7,11H,1,4-5,8-9H2. The van der Waals surface area contributed by atoms with Crippen LogP contribution in [0.4, 0.5) is 5.69 Å². The summed E-state index contributed by atoms with van der Waals surface area (Å²) in [4.78, 5) is 3.96. The zero-order chi connectivity index (χ0) is 13.2. The number of aromatic nitrogens is 1. The monoisotopic (exact) mass is 286 g/mol. The molecule has 2 rings (SSSR count). The Morgan fingerprint density at radius 3 is 2.78 bits per heavy atom. The molecule has 1 saturated carbocycles. The molecule has 4 nitrogen and oxygen atoms in total. The van der Waals surface area contributed by atoms with Gasteiger partial charge in [-0.25, -0.2) is 8.42 Å². The number of pyridine rings is 1. The SMILES string of the molecule is C=C(Cl)CS(=O)(=O)N(CC1CC1)c1cccnc1. The van der Waals surface area contributed by atoms with Gasteiger partial charge in [-0.3, -0.25) is 9.29 Å². The maximum atomic E-state index is 12.3. The highest BCUT2D eigenvalue weighted by Crippen LogP contribution is 2.32. The Morgan fingerprint density at radius 1 is 1.56 bits per heavy atom. The average Bonchev–Trinajstić information content (AvgIpc) is 3.09. The Bertz CT molecular complexity index is 526. The molecule has 1 aliphatic rings. The zero-order valence-corrected chi connectivity index (χ0v) is 11.5. The van der Waals surface area contributed by atoms with Gasteiger partial charge < -0.3 is 0 Å². The summed E-state index contributed by atoms with van der Waals surface area (Å²) in [5.41, 5.74) is 0.585. The van der Waals surface area contributed by atoms with E-state index in [-0.39, 0.29) is 10.8 Å². The van der Waals surface area contributed by atoms with E-state index in [0.717, 1.165) is 12.8 Å². The van der Waals surface area contributed by atoms with E-state index < -0.39 is 10.0 Å². The molecule has 0 radical (unpaired) electrons. The molecule has 1 fully saturated rings. The minimum atomic E-state index is -3.47. The van der Waals surface area contributed by atoms with Crippen LogP contribution in [0.1, 0.15) is 12.8 Å². The molecule has 0 bridgehead atoms. The van der Waals surface area contributed by atoms with Crippen LogP contribution >= 0.6 is 11.6 Å². The van der Waals surface area contributed by atoms with E-state index in [9.17, 15) is 8.42 Å². The molecule has 0 spiro atoms. The fourth-order valence-electron chi connectivity index (χ4n) is 1.69. The van der Waals surface area contributed by atoms with Gasteiger partial charge in [0.25, 0.3) is 0 Å². The smallest absolute Gasteiger partial charge is 0.240 e. The topological polar surface area (TPSA) is 50.3 Å². The summed E-state index contributed by atoms with van der Waals surface area (Å²) in [6.45, 7) is 3.95. The molecule has 0 unspecified atom stereocenters. The number of hydrogen-bond donors (Lipinski definition) is 0. The van der Waals surface area contributed by atoms with Gasteiger partial charge in [-0.15, -0.1) is 0 Å². The first-order valence-corrected chi connectivity index (χ1v) is 7.71. The molecule has 1 heterocycles. The third-order valence-electron chi connectivity index (χ3n) is 2.73. The summed E-state index contributed by atoms with van der Waals surface area (Å²) in [6.07, 6.45) is 5.32. The van der Waals surface area contributed by atoms with Gasteiger partial charge in [-0.1, -0.05) is 18.2 Å². The van der Waals surface area contributed by atoms with Crippen molar-refractivity contribution in [3.8, 4) is 0 Å². The molecule has 0 amide bonds. The van der Waals surface area contributed by atoms with Crippen LogP contribution in [-0.2, 0) is 10.0 Å². The molecule has 0 saturated heterocycles. The van der Waals surface area contributed by atoms with Gasteiger partial charge in [-0.2, -0.15) is 0 Å². The van der Waals surface area contributed by atoms with Crippen LogP contribution in [0.5, 0.6) is 0 Å². The van der Waals surface area contributed by atoms with E-state index in [1.807, 2.05) is 0 Å². The lowest BCUT2D eigenvalue weighted by atomic mass is 10.3. The second-order valence-corrected chi connectivity index (χ2v) is 6.89. The lowest BCUT2D eigenvalue weighted by Gasteiger charge is -2.23. The first-order valence-electron chi connectivity index (χ1n) is 5.73. The Hall–Kier alpha value is -1.07. The second-order valence-electron chi connectivity index (χ2n) is 4.46. The van der Waals surface area contributed by atoms with Crippen molar-refractivity contribution in [3.63, 3.8) is 0 Å². The molecular weight excluding hydrogens is 272 g/mol. The van der Waals surface area contributed by atoms with Gasteiger partial charge in [-0.05, 0) is 30.9 Å². The van der Waals surface area contributed by atoms with Crippen LogP contribution in [0, 0.1) is 5.92 Å². The lowest BCUT2D eigenvalue weighted by Crippen LogP contribution is -2.35. The lowest BCUT2D eigenvalue weighted by molar-refractivity contribution is 0.591. The normalized spacial score (nSPS) is 15.4. The van der Waals surface area contributed by atoms with Crippen molar-refractivity contribution in [2.45, 2.75) is 12.8 Å². The Morgan fingerprint density at radius 2 is 2.28 bits per heavy atom. The fourth-order valence-corrected chi connectivity index (χ4v) is 3.52. The molecule has 18 heavy (non-hydrogen) atoms. The van der Waals surface area contributed by atoms with Crippen molar-refractivity contribution >= 4 is 27.3 Å². The quantitative estimate of drug-likeness (QED) is 0.807. The predicted molar refractivity (Wildman–Crippen MR) is 73.1 cm³/mol. The fraction of sp³-hybridized carbons (Fsp3) is 0.417. The first-order chi connectivity index (χ1) is 8.49. The highest BCUT2D eigenvalue weighted by molar-refractivity contribution is 7.93. The third-order valence-corrected chi connectivity index (χ3v) is 4.77. The molecule has 0 N–H and O–H groups in total. The maximum absolute atomic E-state index is 12.3. The molecule has 1 aliphatic carbocycles. The number of sulfonamides is 1. The molecule has 1 aromatic rings. The van der Waals surface area contributed by atoms with Gasteiger partial charge >= 0.3 is 0 Å². The van der Waals surface area contributed by atoms with Crippen molar-refractivity contribution in [2.75, 3.05) is 16.6 Å². The van der Waals surface area contributed by atoms with E-state index in [1.54, 1.807) is 24.5 Å². The van der Waals surface area contributed by atoms with Crippen molar-refractivity contribution in [1.82, 2.24) is 4.98 Å². The van der Waals surface area contributed by atoms with Crippen molar-refractivity contribution in [3.05, 3.63) is 36.1 Å². The molecule has 0 aliphatic heterocycles. The van der Waals surface area contributed by atoms with Crippen molar-refractivity contribution in [2.24, 2.45) is 5.92 Å². The van der Waals surface area contributed by atoms with Crippen LogP contribution in [0.3, 0.4) is 0 Å². The summed E-state index contributed by atoms with van der Waals surface area (Å²) in [5.74, 6) is 0.208. The number of nitrogens with zero attached hydrogens (tertiary/aromatic N) is 2. The van der Waals surface area contributed by atoms with Crippen molar-refractivity contribution in [1.29, 1.82) is 0 Å². The zero-order valence-electron chi connectivity index (χ0n) is 9.92. The molecular formula is C12H15ClN2O2S. The largest absolute Gasteiger partial charge is 0.268 e. The number of anilines is 1. The summed E-state index contributed by atoms with van der Waals surface area (Å²) in [7, 11) is -3.47. The summed E-state index contributed by atoms with van der Waals surface area (Å²) >= 11 is 5.63. The van der Waals surface area contributed by atoms with Crippen LogP contribution in [-0.4, -0.2) is 25.7 Å². The molecule has 1 aromatic heterocycles. The molecule has 0 atom stereocenters. The summed E-state index contributed by atoms with van der Waals surface area (Å²) < 4.78 is 25.9. The third kappa shape index (κ3) is 3.46. The molecule has 6 heteroatoms. The van der Waals surface area contributed by atoms with Gasteiger partial charge in [0.05, 0.1) is 11.9 Å². The summed E-state index contributed by atoms with van der Waals surface area (Å²) in [6, 6.07) is 3.46. The van der Waals surface area contributed by atoms with E-state index >= 15 is 0 Å². The summed E-state index contributed by atoms with van der Waals surface area (Å²) in [5, 5.41) is 0.125. The van der Waals surface area contributed by atoms with Gasteiger partial charge in [0.2, 0.25) is 10.0 Å². The van der Waals surface area contributed by atoms with E-state index in [2.05, 4.69) is 11.6 Å². The van der Waals surface area contributed by atoms with Gasteiger partial charge in [0.15, 0.2) is 0 Å². The van der Waals surface area contributed by atoms with Gasteiger partial charge in [0, 0.05) is 17.8 Å². The second kappa shape index (κ2) is 5.28. The van der Waals surface area contributed by atoms with E-state index in [0.29, 0.717) is 18.2 Å². The first kappa shape index (κ1) is 13.4. The van der Waals surface area contributed by atoms with Gasteiger partial charge in [0.1, 0.15) is 5.75 Å². The Kier molecular flexibility index (Phi) is 3.92. The minimum Gasteiger partial charge on any atom is -0.268 e. The van der Waals surface area contributed by atoms with Crippen LogP contribution in [0.25, 0.3) is 0 Å².